The fourth-order valence-electron chi connectivity index (χ4n) is 2.52. The van der Waals surface area contributed by atoms with E-state index in [1.807, 2.05) is 0 Å². The van der Waals surface area contributed by atoms with Gasteiger partial charge in [0.2, 0.25) is 0 Å². The third kappa shape index (κ3) is 2.26. The lowest BCUT2D eigenvalue weighted by Gasteiger charge is -2.35. The van der Waals surface area contributed by atoms with Gasteiger partial charge in [-0.15, -0.1) is 0 Å². The van der Waals surface area contributed by atoms with Gasteiger partial charge in [0.05, 0.1) is 12.7 Å². The highest BCUT2D eigenvalue weighted by Gasteiger charge is 2.56. The van der Waals surface area contributed by atoms with Crippen molar-refractivity contribution >= 4 is 0 Å². The lowest BCUT2D eigenvalue weighted by atomic mass is 9.84. The van der Waals surface area contributed by atoms with Crippen molar-refractivity contribution in [2.45, 2.75) is 55.4 Å². The monoisotopic (exact) mass is 266 g/mol. The topological polar surface area (TPSA) is 140 Å². The SMILES string of the molecule is OC[C@H]1O[C@H](O)C[C@@]1(O)C(O)[C@H]1O[C@H](O)C[C@@H]1O. The van der Waals surface area contributed by atoms with Crippen LogP contribution in [0.3, 0.4) is 0 Å². The molecule has 0 bridgehead atoms. The number of rotatable bonds is 3. The van der Waals surface area contributed by atoms with E-state index in [1.54, 1.807) is 0 Å². The van der Waals surface area contributed by atoms with E-state index in [2.05, 4.69) is 0 Å². The van der Waals surface area contributed by atoms with Crippen molar-refractivity contribution in [2.75, 3.05) is 6.61 Å². The smallest absolute Gasteiger partial charge is 0.158 e. The molecule has 8 nitrogen and oxygen atoms in total. The van der Waals surface area contributed by atoms with Gasteiger partial charge in [-0.2, -0.15) is 0 Å². The van der Waals surface area contributed by atoms with E-state index >= 15 is 0 Å². The van der Waals surface area contributed by atoms with Gasteiger partial charge in [-0.05, 0) is 0 Å². The third-order valence-electron chi connectivity index (χ3n) is 3.51. The zero-order chi connectivity index (χ0) is 13.5. The molecule has 106 valence electrons. The first kappa shape index (κ1) is 14.1. The second-order valence-electron chi connectivity index (χ2n) is 4.76. The largest absolute Gasteiger partial charge is 0.394 e. The fraction of sp³-hybridized carbons (Fsp3) is 1.00. The van der Waals surface area contributed by atoms with Gasteiger partial charge in [-0.3, -0.25) is 0 Å². The molecule has 2 aliphatic rings. The van der Waals surface area contributed by atoms with Crippen LogP contribution in [0, 0.1) is 0 Å². The summed E-state index contributed by atoms with van der Waals surface area (Å²) in [5.74, 6) is 0. The normalized spacial score (nSPS) is 50.7. The highest BCUT2D eigenvalue weighted by Crippen LogP contribution is 2.37. The van der Waals surface area contributed by atoms with Crippen molar-refractivity contribution in [3.05, 3.63) is 0 Å². The average Bonchev–Trinajstić information content (AvgIpc) is 2.78. The van der Waals surface area contributed by atoms with Crippen LogP contribution >= 0.6 is 0 Å². The molecular formula is C10H18O8. The molecule has 1 unspecified atom stereocenters. The third-order valence-corrected chi connectivity index (χ3v) is 3.51. The Morgan fingerprint density at radius 3 is 2.33 bits per heavy atom. The van der Waals surface area contributed by atoms with Crippen LogP contribution in [0.2, 0.25) is 0 Å². The summed E-state index contributed by atoms with van der Waals surface area (Å²) in [4.78, 5) is 0. The van der Waals surface area contributed by atoms with Crippen LogP contribution in [-0.4, -0.2) is 79.8 Å². The van der Waals surface area contributed by atoms with E-state index < -0.39 is 49.2 Å². The molecule has 18 heavy (non-hydrogen) atoms. The summed E-state index contributed by atoms with van der Waals surface area (Å²) in [6.45, 7) is -0.601. The molecule has 0 aromatic rings. The molecule has 6 N–H and O–H groups in total. The first-order chi connectivity index (χ1) is 8.38. The zero-order valence-corrected chi connectivity index (χ0v) is 9.59. The number of aliphatic hydroxyl groups excluding tert-OH is 5. The zero-order valence-electron chi connectivity index (χ0n) is 9.59. The van der Waals surface area contributed by atoms with Gasteiger partial charge in [0.15, 0.2) is 12.6 Å². The van der Waals surface area contributed by atoms with Gasteiger partial charge in [0, 0.05) is 12.8 Å². The Labute approximate surface area is 103 Å². The molecule has 2 fully saturated rings. The summed E-state index contributed by atoms with van der Waals surface area (Å²) >= 11 is 0. The van der Waals surface area contributed by atoms with Crippen LogP contribution in [-0.2, 0) is 9.47 Å². The highest BCUT2D eigenvalue weighted by molar-refractivity contribution is 5.04. The molecule has 0 aromatic heterocycles. The first-order valence-electron chi connectivity index (χ1n) is 5.75. The molecule has 0 aromatic carbocycles. The van der Waals surface area contributed by atoms with Crippen molar-refractivity contribution in [3.8, 4) is 0 Å². The Hall–Kier alpha value is -0.320. The maximum absolute atomic E-state index is 10.3. The Balaban J connectivity index is 2.14. The summed E-state index contributed by atoms with van der Waals surface area (Å²) in [5.41, 5.74) is -1.94. The second kappa shape index (κ2) is 4.99. The highest BCUT2D eigenvalue weighted by atomic mass is 16.6. The van der Waals surface area contributed by atoms with Crippen molar-refractivity contribution in [3.63, 3.8) is 0 Å². The molecule has 2 aliphatic heterocycles. The lowest BCUT2D eigenvalue weighted by Crippen LogP contribution is -2.57. The van der Waals surface area contributed by atoms with E-state index in [0.717, 1.165) is 0 Å². The molecule has 8 heteroatoms. The summed E-state index contributed by atoms with van der Waals surface area (Å²) in [6.07, 6.45) is -8.06. The maximum Gasteiger partial charge on any atom is 0.158 e. The van der Waals surface area contributed by atoms with E-state index in [-0.39, 0.29) is 12.8 Å². The quantitative estimate of drug-likeness (QED) is 0.311. The van der Waals surface area contributed by atoms with Gasteiger partial charge in [-0.1, -0.05) is 0 Å². The average molecular weight is 266 g/mol. The van der Waals surface area contributed by atoms with Crippen LogP contribution < -0.4 is 0 Å². The Morgan fingerprint density at radius 1 is 1.17 bits per heavy atom. The molecule has 0 spiro atoms. The number of hydrogen-bond acceptors (Lipinski definition) is 8. The Morgan fingerprint density at radius 2 is 1.83 bits per heavy atom. The number of ether oxygens (including phenoxy) is 2. The minimum Gasteiger partial charge on any atom is -0.394 e. The van der Waals surface area contributed by atoms with Crippen LogP contribution in [0.5, 0.6) is 0 Å². The molecule has 0 amide bonds. The maximum atomic E-state index is 10.3. The van der Waals surface area contributed by atoms with E-state index in [4.69, 9.17) is 14.6 Å². The minimum atomic E-state index is -1.94. The molecule has 7 atom stereocenters. The van der Waals surface area contributed by atoms with Crippen LogP contribution in [0.1, 0.15) is 12.8 Å². The Bertz CT molecular complexity index is 300. The second-order valence-corrected chi connectivity index (χ2v) is 4.76. The van der Waals surface area contributed by atoms with E-state index in [9.17, 15) is 25.5 Å². The van der Waals surface area contributed by atoms with E-state index in [0.29, 0.717) is 0 Å². The van der Waals surface area contributed by atoms with Gasteiger partial charge in [-0.25, -0.2) is 0 Å². The summed E-state index contributed by atoms with van der Waals surface area (Å²) in [5, 5.41) is 57.6. The van der Waals surface area contributed by atoms with E-state index in [1.165, 1.54) is 0 Å². The summed E-state index contributed by atoms with van der Waals surface area (Å²) in [6, 6.07) is 0. The molecule has 2 saturated heterocycles. The van der Waals surface area contributed by atoms with Gasteiger partial charge < -0.3 is 40.1 Å². The predicted molar refractivity (Wildman–Crippen MR) is 55.0 cm³/mol. The van der Waals surface area contributed by atoms with Crippen LogP contribution in [0.15, 0.2) is 0 Å². The summed E-state index contributed by atoms with van der Waals surface area (Å²) < 4.78 is 9.78. The minimum absolute atomic E-state index is 0.0784. The number of aliphatic hydroxyl groups is 6. The van der Waals surface area contributed by atoms with Crippen molar-refractivity contribution < 1.29 is 40.1 Å². The predicted octanol–water partition coefficient (Wildman–Crippen LogP) is -3.35. The molecule has 2 rings (SSSR count). The number of hydrogen-bond donors (Lipinski definition) is 6. The van der Waals surface area contributed by atoms with Crippen molar-refractivity contribution in [2.24, 2.45) is 0 Å². The van der Waals surface area contributed by atoms with Crippen molar-refractivity contribution in [1.29, 1.82) is 0 Å². The van der Waals surface area contributed by atoms with Crippen LogP contribution in [0.25, 0.3) is 0 Å². The molecule has 2 heterocycles. The van der Waals surface area contributed by atoms with Gasteiger partial charge in [0.1, 0.15) is 23.9 Å². The summed E-state index contributed by atoms with van der Waals surface area (Å²) in [7, 11) is 0. The van der Waals surface area contributed by atoms with Gasteiger partial charge >= 0.3 is 0 Å². The van der Waals surface area contributed by atoms with Gasteiger partial charge in [0.25, 0.3) is 0 Å². The van der Waals surface area contributed by atoms with Crippen molar-refractivity contribution in [1.82, 2.24) is 0 Å². The molecule has 0 aliphatic carbocycles. The Kier molecular flexibility index (Phi) is 3.90. The lowest BCUT2D eigenvalue weighted by molar-refractivity contribution is -0.199. The molecule has 0 saturated carbocycles. The first-order valence-corrected chi connectivity index (χ1v) is 5.75. The standard InChI is InChI=1S/C10H18O8/c11-3-5-10(16,2-7(14)17-5)9(15)8-4(12)1-6(13)18-8/h4-9,11-16H,1-3H2/t4-,5+,6-,7-,8-,9?,10-/m0/s1. The fourth-order valence-corrected chi connectivity index (χ4v) is 2.52. The molecular weight excluding hydrogens is 248 g/mol. The van der Waals surface area contributed by atoms with Crippen LogP contribution in [0.4, 0.5) is 0 Å². The molecule has 0 radical (unpaired) electrons.